The summed E-state index contributed by atoms with van der Waals surface area (Å²) in [7, 11) is 0. The van der Waals surface area contributed by atoms with Crippen molar-refractivity contribution in [3.8, 4) is 0 Å². The Morgan fingerprint density at radius 3 is 2.96 bits per heavy atom. The molecule has 2 aromatic heterocycles. The molecule has 0 radical (unpaired) electrons. The van der Waals surface area contributed by atoms with E-state index in [0.29, 0.717) is 29.9 Å². The second-order valence-corrected chi connectivity index (χ2v) is 5.84. The standard InChI is InChI=1S/C15H21N5O3/c1-9(2)3-4-16-13-12-14(18-7-17-13)20(8-19-12)15-11(22)5-10(6-21)23-15/h3,7-8,10-11,15,21-22H,4-6H2,1-2H3,(H,16,17,18)/t10-,11+,15+/m0/s1. The van der Waals surface area contributed by atoms with Crippen molar-refractivity contribution in [3.05, 3.63) is 24.3 Å². The Bertz CT molecular complexity index is 710. The van der Waals surface area contributed by atoms with Crippen molar-refractivity contribution in [2.75, 3.05) is 18.5 Å². The SMILES string of the molecule is CC(C)=CCNc1ncnc2c1ncn2[C@@H]1O[C@H](CO)C[C@H]1O. The Balaban J connectivity index is 1.88. The lowest BCUT2D eigenvalue weighted by atomic mass is 10.2. The van der Waals surface area contributed by atoms with E-state index in [1.165, 1.54) is 11.9 Å². The van der Waals surface area contributed by atoms with Crippen LogP contribution >= 0.6 is 0 Å². The molecule has 0 amide bonds. The fraction of sp³-hybridized carbons (Fsp3) is 0.533. The van der Waals surface area contributed by atoms with E-state index in [1.807, 2.05) is 13.8 Å². The summed E-state index contributed by atoms with van der Waals surface area (Å²) in [5, 5.41) is 22.5. The molecule has 0 unspecified atom stereocenters. The summed E-state index contributed by atoms with van der Waals surface area (Å²) in [6.45, 7) is 4.59. The summed E-state index contributed by atoms with van der Waals surface area (Å²) in [6.07, 6.45) is 3.80. The number of nitrogens with zero attached hydrogens (tertiary/aromatic N) is 4. The zero-order valence-electron chi connectivity index (χ0n) is 13.2. The van der Waals surface area contributed by atoms with Gasteiger partial charge in [-0.3, -0.25) is 4.57 Å². The molecule has 3 N–H and O–H groups in total. The van der Waals surface area contributed by atoms with Crippen molar-refractivity contribution in [3.63, 3.8) is 0 Å². The molecule has 1 aliphatic rings. The molecule has 2 aromatic rings. The topological polar surface area (TPSA) is 105 Å². The van der Waals surface area contributed by atoms with Crippen LogP contribution in [0.3, 0.4) is 0 Å². The Hall–Kier alpha value is -2.03. The van der Waals surface area contributed by atoms with Crippen molar-refractivity contribution in [2.45, 2.75) is 38.7 Å². The predicted octanol–water partition coefficient (Wildman–Crippen LogP) is 0.845. The average Bonchev–Trinajstić information content (AvgIpc) is 3.10. The lowest BCUT2D eigenvalue weighted by Gasteiger charge is -2.16. The van der Waals surface area contributed by atoms with Crippen LogP contribution in [0.4, 0.5) is 5.82 Å². The van der Waals surface area contributed by atoms with Gasteiger partial charge in [0.15, 0.2) is 23.2 Å². The van der Waals surface area contributed by atoms with Crippen molar-refractivity contribution in [1.82, 2.24) is 19.5 Å². The number of hydrogen-bond donors (Lipinski definition) is 3. The molecule has 3 atom stereocenters. The van der Waals surface area contributed by atoms with Gasteiger partial charge < -0.3 is 20.3 Å². The minimum absolute atomic E-state index is 0.120. The molecule has 0 spiro atoms. The molecule has 1 fully saturated rings. The molecular formula is C15H21N5O3. The van der Waals surface area contributed by atoms with Gasteiger partial charge in [-0.15, -0.1) is 0 Å². The lowest BCUT2D eigenvalue weighted by molar-refractivity contribution is -0.0486. The van der Waals surface area contributed by atoms with Gasteiger partial charge >= 0.3 is 0 Å². The van der Waals surface area contributed by atoms with Crippen LogP contribution in [0, 0.1) is 0 Å². The highest BCUT2D eigenvalue weighted by Crippen LogP contribution is 2.31. The molecular weight excluding hydrogens is 298 g/mol. The van der Waals surface area contributed by atoms with Crippen molar-refractivity contribution >= 4 is 17.0 Å². The first-order chi connectivity index (χ1) is 11.1. The summed E-state index contributed by atoms with van der Waals surface area (Å²) in [5.41, 5.74) is 2.42. The molecule has 3 heterocycles. The van der Waals surface area contributed by atoms with Gasteiger partial charge in [0.25, 0.3) is 0 Å². The van der Waals surface area contributed by atoms with E-state index in [9.17, 15) is 10.2 Å². The summed E-state index contributed by atoms with van der Waals surface area (Å²) in [6, 6.07) is 0. The third kappa shape index (κ3) is 3.19. The highest BCUT2D eigenvalue weighted by molar-refractivity contribution is 5.82. The van der Waals surface area contributed by atoms with Gasteiger partial charge in [-0.25, -0.2) is 15.0 Å². The zero-order chi connectivity index (χ0) is 16.4. The number of anilines is 1. The van der Waals surface area contributed by atoms with Crippen LogP contribution in [0.1, 0.15) is 26.5 Å². The smallest absolute Gasteiger partial charge is 0.167 e. The van der Waals surface area contributed by atoms with Gasteiger partial charge in [-0.2, -0.15) is 0 Å². The molecule has 0 aromatic carbocycles. The number of aromatic nitrogens is 4. The summed E-state index contributed by atoms with van der Waals surface area (Å²) in [5.74, 6) is 0.637. The maximum Gasteiger partial charge on any atom is 0.167 e. The number of aliphatic hydroxyl groups is 2. The number of hydrogen-bond acceptors (Lipinski definition) is 7. The summed E-state index contributed by atoms with van der Waals surface area (Å²) < 4.78 is 7.34. The van der Waals surface area contributed by atoms with Crippen LogP contribution in [0.5, 0.6) is 0 Å². The molecule has 23 heavy (non-hydrogen) atoms. The predicted molar refractivity (Wildman–Crippen MR) is 84.9 cm³/mol. The molecule has 1 saturated heterocycles. The second kappa shape index (κ2) is 6.61. The Labute approximate surface area is 133 Å². The van der Waals surface area contributed by atoms with Gasteiger partial charge in [-0.05, 0) is 13.8 Å². The van der Waals surface area contributed by atoms with Crippen molar-refractivity contribution in [2.24, 2.45) is 0 Å². The number of fused-ring (bicyclic) bond motifs is 1. The minimum atomic E-state index is -0.707. The van der Waals surface area contributed by atoms with E-state index in [4.69, 9.17) is 4.74 Å². The average molecular weight is 319 g/mol. The first-order valence-electron chi connectivity index (χ1n) is 7.59. The largest absolute Gasteiger partial charge is 0.394 e. The van der Waals surface area contributed by atoms with Crippen molar-refractivity contribution in [1.29, 1.82) is 0 Å². The Morgan fingerprint density at radius 1 is 1.43 bits per heavy atom. The lowest BCUT2D eigenvalue weighted by Crippen LogP contribution is -2.19. The molecule has 124 valence electrons. The quantitative estimate of drug-likeness (QED) is 0.701. The first-order valence-corrected chi connectivity index (χ1v) is 7.59. The molecule has 0 saturated carbocycles. The van der Waals surface area contributed by atoms with Crippen LogP contribution in [0.2, 0.25) is 0 Å². The van der Waals surface area contributed by atoms with Gasteiger partial charge in [0.05, 0.1) is 19.0 Å². The molecule has 3 rings (SSSR count). The fourth-order valence-corrected chi connectivity index (χ4v) is 2.62. The Morgan fingerprint density at radius 2 is 2.26 bits per heavy atom. The third-order valence-electron chi connectivity index (χ3n) is 3.78. The van der Waals surface area contributed by atoms with Crippen LogP contribution in [0.25, 0.3) is 11.2 Å². The van der Waals surface area contributed by atoms with Crippen molar-refractivity contribution < 1.29 is 14.9 Å². The minimum Gasteiger partial charge on any atom is -0.394 e. The van der Waals surface area contributed by atoms with E-state index >= 15 is 0 Å². The van der Waals surface area contributed by atoms with Crippen LogP contribution in [-0.4, -0.2) is 55.1 Å². The zero-order valence-corrected chi connectivity index (χ0v) is 13.2. The summed E-state index contributed by atoms with van der Waals surface area (Å²) >= 11 is 0. The first kappa shape index (κ1) is 15.9. The van der Waals surface area contributed by atoms with E-state index in [1.54, 1.807) is 10.9 Å². The van der Waals surface area contributed by atoms with Gasteiger partial charge in [0, 0.05) is 13.0 Å². The van der Waals surface area contributed by atoms with Crippen LogP contribution in [0.15, 0.2) is 24.3 Å². The third-order valence-corrected chi connectivity index (χ3v) is 3.78. The number of nitrogens with one attached hydrogen (secondary N) is 1. The van der Waals surface area contributed by atoms with E-state index in [0.717, 1.165) is 0 Å². The van der Waals surface area contributed by atoms with Gasteiger partial charge in [0.2, 0.25) is 0 Å². The molecule has 0 bridgehead atoms. The molecule has 1 aliphatic heterocycles. The molecule has 8 nitrogen and oxygen atoms in total. The Kier molecular flexibility index (Phi) is 4.56. The second-order valence-electron chi connectivity index (χ2n) is 5.84. The summed E-state index contributed by atoms with van der Waals surface area (Å²) in [4.78, 5) is 12.8. The van der Waals surface area contributed by atoms with Gasteiger partial charge in [-0.1, -0.05) is 11.6 Å². The number of imidazole rings is 1. The number of aliphatic hydroxyl groups excluding tert-OH is 2. The van der Waals surface area contributed by atoms with Gasteiger partial charge in [0.1, 0.15) is 12.4 Å². The normalized spacial score (nSPS) is 24.1. The number of allylic oxidation sites excluding steroid dienone is 1. The van der Waals surface area contributed by atoms with E-state index in [-0.39, 0.29) is 12.7 Å². The number of rotatable bonds is 5. The highest BCUT2D eigenvalue weighted by Gasteiger charge is 2.35. The monoisotopic (exact) mass is 319 g/mol. The maximum atomic E-state index is 10.1. The maximum absolute atomic E-state index is 10.1. The molecule has 0 aliphatic carbocycles. The fourth-order valence-electron chi connectivity index (χ4n) is 2.62. The number of ether oxygens (including phenoxy) is 1. The molecule has 8 heteroatoms. The van der Waals surface area contributed by atoms with E-state index in [2.05, 4.69) is 26.3 Å². The highest BCUT2D eigenvalue weighted by atomic mass is 16.5. The van der Waals surface area contributed by atoms with E-state index < -0.39 is 12.3 Å². The van der Waals surface area contributed by atoms with Crippen LogP contribution < -0.4 is 5.32 Å². The van der Waals surface area contributed by atoms with Crippen LogP contribution in [-0.2, 0) is 4.74 Å².